The monoisotopic (exact) mass is 291 g/mol. The Bertz CT molecular complexity index is 394. The van der Waals surface area contributed by atoms with E-state index >= 15 is 0 Å². The molecule has 0 heterocycles. The van der Waals surface area contributed by atoms with Crippen LogP contribution < -0.4 is 10.6 Å². The first-order valence-corrected chi connectivity index (χ1v) is 7.85. The van der Waals surface area contributed by atoms with Gasteiger partial charge in [-0.3, -0.25) is 4.79 Å². The Morgan fingerprint density at radius 2 is 1.67 bits per heavy atom. The zero-order chi connectivity index (χ0) is 15.5. The number of hydrogen-bond acceptors (Lipinski definition) is 3. The molecule has 0 spiro atoms. The van der Waals surface area contributed by atoms with Gasteiger partial charge in [0.1, 0.15) is 0 Å². The van der Waals surface area contributed by atoms with Gasteiger partial charge in [-0.2, -0.15) is 0 Å². The molecule has 0 aliphatic heterocycles. The van der Waals surface area contributed by atoms with Crippen molar-refractivity contribution in [3.8, 4) is 0 Å². The third kappa shape index (κ3) is 7.14. The second-order valence-corrected chi connectivity index (χ2v) is 5.53. The lowest BCUT2D eigenvalue weighted by Gasteiger charge is -2.24. The molecule has 2 N–H and O–H groups in total. The summed E-state index contributed by atoms with van der Waals surface area (Å²) in [4.78, 5) is 16.0. The predicted octanol–water partition coefficient (Wildman–Crippen LogP) is 2.49. The van der Waals surface area contributed by atoms with Gasteiger partial charge in [0.2, 0.25) is 5.91 Å². The fourth-order valence-electron chi connectivity index (χ4n) is 2.20. The number of hydrogen-bond donors (Lipinski definition) is 1. The largest absolute Gasteiger partial charge is 0.373 e. The summed E-state index contributed by atoms with van der Waals surface area (Å²) in [5.74, 6) is 0.240. The van der Waals surface area contributed by atoms with Crippen molar-refractivity contribution in [1.82, 2.24) is 4.90 Å². The molecule has 4 heteroatoms. The minimum absolute atomic E-state index is 0.240. The summed E-state index contributed by atoms with van der Waals surface area (Å²) in [5, 5.41) is 0. The Hall–Kier alpha value is -1.55. The SMILES string of the molecule is CN(CCN(C)c1ccccc1)C(=O)CCCCCCN. The molecule has 0 aromatic heterocycles. The van der Waals surface area contributed by atoms with Crippen LogP contribution in [0.4, 0.5) is 5.69 Å². The Balaban J connectivity index is 2.20. The van der Waals surface area contributed by atoms with E-state index in [0.717, 1.165) is 45.3 Å². The van der Waals surface area contributed by atoms with Gasteiger partial charge in [0.25, 0.3) is 0 Å². The summed E-state index contributed by atoms with van der Waals surface area (Å²) in [5.41, 5.74) is 6.64. The summed E-state index contributed by atoms with van der Waals surface area (Å²) in [6.45, 7) is 2.35. The molecular weight excluding hydrogens is 262 g/mol. The van der Waals surface area contributed by atoms with E-state index in [1.54, 1.807) is 0 Å². The average Bonchev–Trinajstić information content (AvgIpc) is 2.52. The van der Waals surface area contributed by atoms with Gasteiger partial charge in [-0.1, -0.05) is 31.0 Å². The standard InChI is InChI=1S/C17H29N3O/c1-19(16-10-6-5-7-11-16)14-15-20(2)17(21)12-8-3-4-9-13-18/h5-7,10-11H,3-4,8-9,12-15,18H2,1-2H3. The van der Waals surface area contributed by atoms with Crippen molar-refractivity contribution in [2.24, 2.45) is 5.73 Å². The molecule has 4 nitrogen and oxygen atoms in total. The lowest BCUT2D eigenvalue weighted by atomic mass is 10.1. The van der Waals surface area contributed by atoms with E-state index in [-0.39, 0.29) is 5.91 Å². The average molecular weight is 291 g/mol. The maximum absolute atomic E-state index is 12.0. The third-order valence-electron chi connectivity index (χ3n) is 3.74. The van der Waals surface area contributed by atoms with Gasteiger partial charge in [-0.15, -0.1) is 0 Å². The fourth-order valence-corrected chi connectivity index (χ4v) is 2.20. The lowest BCUT2D eigenvalue weighted by molar-refractivity contribution is -0.129. The molecule has 0 fully saturated rings. The summed E-state index contributed by atoms with van der Waals surface area (Å²) < 4.78 is 0. The zero-order valence-electron chi connectivity index (χ0n) is 13.4. The Kier molecular flexibility index (Phi) is 8.51. The number of likely N-dealkylation sites (N-methyl/N-ethyl adjacent to an activating group) is 2. The van der Waals surface area contributed by atoms with Gasteiger partial charge < -0.3 is 15.5 Å². The molecule has 118 valence electrons. The minimum atomic E-state index is 0.240. The predicted molar refractivity (Wildman–Crippen MR) is 89.5 cm³/mol. The number of carbonyl (C=O) groups excluding carboxylic acids is 1. The molecule has 1 aromatic rings. The van der Waals surface area contributed by atoms with Crippen molar-refractivity contribution in [3.05, 3.63) is 30.3 Å². The van der Waals surface area contributed by atoms with Gasteiger partial charge in [-0.05, 0) is 31.5 Å². The first-order valence-electron chi connectivity index (χ1n) is 7.85. The van der Waals surface area contributed by atoms with Crippen LogP contribution in [0.2, 0.25) is 0 Å². The van der Waals surface area contributed by atoms with Gasteiger partial charge >= 0.3 is 0 Å². The molecule has 0 aliphatic rings. The molecule has 1 aromatic carbocycles. The van der Waals surface area contributed by atoms with Crippen LogP contribution in [0.1, 0.15) is 32.1 Å². The Labute approximate surface area is 128 Å². The van der Waals surface area contributed by atoms with Crippen LogP contribution in [0.15, 0.2) is 30.3 Å². The van der Waals surface area contributed by atoms with Crippen LogP contribution >= 0.6 is 0 Å². The molecule has 0 atom stereocenters. The van der Waals surface area contributed by atoms with Crippen LogP contribution in [-0.4, -0.2) is 44.5 Å². The van der Waals surface area contributed by atoms with Crippen LogP contribution in [-0.2, 0) is 4.79 Å². The second kappa shape index (κ2) is 10.2. The number of unbranched alkanes of at least 4 members (excludes halogenated alkanes) is 3. The maximum atomic E-state index is 12.0. The smallest absolute Gasteiger partial charge is 0.222 e. The number of rotatable bonds is 10. The van der Waals surface area contributed by atoms with Crippen LogP contribution in [0.25, 0.3) is 0 Å². The number of carbonyl (C=O) groups is 1. The summed E-state index contributed by atoms with van der Waals surface area (Å²) >= 11 is 0. The van der Waals surface area contributed by atoms with E-state index in [4.69, 9.17) is 5.73 Å². The number of nitrogens with two attached hydrogens (primary N) is 1. The molecule has 0 radical (unpaired) electrons. The third-order valence-corrected chi connectivity index (χ3v) is 3.74. The quantitative estimate of drug-likeness (QED) is 0.674. The van der Waals surface area contributed by atoms with Crippen molar-refractivity contribution in [2.75, 3.05) is 38.6 Å². The number of amides is 1. The topological polar surface area (TPSA) is 49.6 Å². The first-order chi connectivity index (χ1) is 10.1. The van der Waals surface area contributed by atoms with Crippen molar-refractivity contribution in [1.29, 1.82) is 0 Å². The van der Waals surface area contributed by atoms with E-state index in [9.17, 15) is 4.79 Å². The first kappa shape index (κ1) is 17.5. The van der Waals surface area contributed by atoms with Crippen LogP contribution in [0.3, 0.4) is 0 Å². The highest BCUT2D eigenvalue weighted by molar-refractivity contribution is 5.75. The Morgan fingerprint density at radius 3 is 2.33 bits per heavy atom. The molecule has 0 saturated heterocycles. The van der Waals surface area contributed by atoms with E-state index < -0.39 is 0 Å². The number of anilines is 1. The summed E-state index contributed by atoms with van der Waals surface area (Å²) in [6, 6.07) is 10.2. The molecule has 1 amide bonds. The van der Waals surface area contributed by atoms with E-state index in [2.05, 4.69) is 24.1 Å². The molecule has 0 saturated carbocycles. The fraction of sp³-hybridized carbons (Fsp3) is 0.588. The number of nitrogens with zero attached hydrogens (tertiary/aromatic N) is 2. The minimum Gasteiger partial charge on any atom is -0.373 e. The van der Waals surface area contributed by atoms with E-state index in [1.807, 2.05) is 30.1 Å². The molecule has 1 rings (SSSR count). The summed E-state index contributed by atoms with van der Waals surface area (Å²) in [7, 11) is 3.95. The molecule has 0 aliphatic carbocycles. The van der Waals surface area contributed by atoms with Crippen molar-refractivity contribution in [3.63, 3.8) is 0 Å². The highest BCUT2D eigenvalue weighted by Crippen LogP contribution is 2.10. The summed E-state index contributed by atoms with van der Waals surface area (Å²) in [6.07, 6.45) is 4.91. The highest BCUT2D eigenvalue weighted by Gasteiger charge is 2.09. The van der Waals surface area contributed by atoms with Crippen LogP contribution in [0, 0.1) is 0 Å². The van der Waals surface area contributed by atoms with Gasteiger partial charge in [0, 0.05) is 39.3 Å². The van der Waals surface area contributed by atoms with Crippen molar-refractivity contribution >= 4 is 11.6 Å². The molecular formula is C17H29N3O. The van der Waals surface area contributed by atoms with Gasteiger partial charge in [-0.25, -0.2) is 0 Å². The number of benzene rings is 1. The van der Waals surface area contributed by atoms with E-state index in [0.29, 0.717) is 6.42 Å². The second-order valence-electron chi connectivity index (χ2n) is 5.53. The van der Waals surface area contributed by atoms with Crippen LogP contribution in [0.5, 0.6) is 0 Å². The van der Waals surface area contributed by atoms with E-state index in [1.165, 1.54) is 5.69 Å². The molecule has 0 unspecified atom stereocenters. The number of para-hydroxylation sites is 1. The molecule has 0 bridgehead atoms. The maximum Gasteiger partial charge on any atom is 0.222 e. The lowest BCUT2D eigenvalue weighted by Crippen LogP contribution is -2.34. The zero-order valence-corrected chi connectivity index (χ0v) is 13.4. The molecule has 21 heavy (non-hydrogen) atoms. The Morgan fingerprint density at radius 1 is 1.00 bits per heavy atom. The van der Waals surface area contributed by atoms with Crippen molar-refractivity contribution in [2.45, 2.75) is 32.1 Å². The van der Waals surface area contributed by atoms with Gasteiger partial charge in [0.05, 0.1) is 0 Å². The normalized spacial score (nSPS) is 10.4. The van der Waals surface area contributed by atoms with Gasteiger partial charge in [0.15, 0.2) is 0 Å². The van der Waals surface area contributed by atoms with Crippen molar-refractivity contribution < 1.29 is 4.79 Å². The highest BCUT2D eigenvalue weighted by atomic mass is 16.2.